The van der Waals surface area contributed by atoms with Crippen LogP contribution in [0.25, 0.3) is 0 Å². The second kappa shape index (κ2) is 5.43. The highest BCUT2D eigenvalue weighted by Crippen LogP contribution is 2.22. The van der Waals surface area contributed by atoms with Crippen molar-refractivity contribution >= 4 is 15.8 Å². The zero-order valence-corrected chi connectivity index (χ0v) is 11.5. The second-order valence-electron chi connectivity index (χ2n) is 4.28. The van der Waals surface area contributed by atoms with E-state index in [2.05, 4.69) is 11.2 Å². The molecule has 0 aliphatic heterocycles. The molecule has 6 heteroatoms. The molecule has 1 aromatic carbocycles. The fourth-order valence-corrected chi connectivity index (χ4v) is 2.19. The third-order valence-electron chi connectivity index (χ3n) is 2.83. The minimum atomic E-state index is -3.30. The Labute approximate surface area is 112 Å². The predicted octanol–water partition coefficient (Wildman–Crippen LogP) is 0.613. The van der Waals surface area contributed by atoms with Gasteiger partial charge < -0.3 is 5.11 Å². The highest BCUT2D eigenvalue weighted by molar-refractivity contribution is 7.90. The molecule has 0 aliphatic carbocycles. The average molecular weight is 281 g/mol. The molecule has 5 nitrogen and oxygen atoms in total. The number of carbonyl (C=O) groups is 1. The first kappa shape index (κ1) is 15.2. The van der Waals surface area contributed by atoms with Crippen LogP contribution in [0.4, 0.5) is 0 Å². The zero-order chi connectivity index (χ0) is 14.7. The molecular formula is C13H15NO4S. The fraction of sp³-hybridized carbons (Fsp3) is 0.308. The normalized spacial score (nSPS) is 14.4. The molecule has 102 valence electrons. The third kappa shape index (κ3) is 3.34. The highest BCUT2D eigenvalue weighted by atomic mass is 32.2. The van der Waals surface area contributed by atoms with Gasteiger partial charge in [-0.2, -0.15) is 0 Å². The van der Waals surface area contributed by atoms with Gasteiger partial charge in [0.15, 0.2) is 9.84 Å². The Bertz CT molecular complexity index is 613. The van der Waals surface area contributed by atoms with E-state index < -0.39 is 21.3 Å². The molecule has 19 heavy (non-hydrogen) atoms. The Morgan fingerprint density at radius 3 is 2.32 bits per heavy atom. The monoisotopic (exact) mass is 281 g/mol. The van der Waals surface area contributed by atoms with Gasteiger partial charge in [-0.05, 0) is 24.6 Å². The largest absolute Gasteiger partial charge is 0.480 e. The van der Waals surface area contributed by atoms with Crippen LogP contribution >= 0.6 is 0 Å². The molecule has 0 heterocycles. The molecule has 1 aromatic rings. The van der Waals surface area contributed by atoms with Crippen LogP contribution in [0.5, 0.6) is 0 Å². The van der Waals surface area contributed by atoms with Crippen molar-refractivity contribution in [1.82, 2.24) is 5.32 Å². The zero-order valence-electron chi connectivity index (χ0n) is 10.7. The number of carboxylic acid groups (broad SMARTS) is 1. The second-order valence-corrected chi connectivity index (χ2v) is 6.30. The standard InChI is InChI=1S/C13H15NO4S/c1-4-9-14-13(2,12(15)16)10-5-7-11(8-6-10)19(3,17)18/h1,5-8,14H,9H2,2-3H3,(H,15,16). The van der Waals surface area contributed by atoms with Crippen molar-refractivity contribution in [3.8, 4) is 12.3 Å². The van der Waals surface area contributed by atoms with Gasteiger partial charge in [0.2, 0.25) is 0 Å². The lowest BCUT2D eigenvalue weighted by molar-refractivity contribution is -0.144. The van der Waals surface area contributed by atoms with Gasteiger partial charge in [0.25, 0.3) is 0 Å². The van der Waals surface area contributed by atoms with Crippen molar-refractivity contribution in [1.29, 1.82) is 0 Å². The Balaban J connectivity index is 3.20. The van der Waals surface area contributed by atoms with Gasteiger partial charge in [0, 0.05) is 6.26 Å². The molecule has 0 spiro atoms. The summed E-state index contributed by atoms with van der Waals surface area (Å²) in [7, 11) is -3.30. The molecule has 0 radical (unpaired) electrons. The van der Waals surface area contributed by atoms with Crippen molar-refractivity contribution in [2.24, 2.45) is 0 Å². The summed E-state index contributed by atoms with van der Waals surface area (Å²) in [5.41, 5.74) is -0.926. The number of nitrogens with one attached hydrogen (secondary N) is 1. The number of hydrogen-bond acceptors (Lipinski definition) is 4. The van der Waals surface area contributed by atoms with Crippen molar-refractivity contribution in [3.05, 3.63) is 29.8 Å². The summed E-state index contributed by atoms with van der Waals surface area (Å²) in [6, 6.07) is 5.69. The van der Waals surface area contributed by atoms with E-state index in [9.17, 15) is 18.3 Å². The summed E-state index contributed by atoms with van der Waals surface area (Å²) in [6.45, 7) is 1.57. The highest BCUT2D eigenvalue weighted by Gasteiger charge is 2.34. The molecule has 0 saturated heterocycles. The number of aliphatic carboxylic acids is 1. The molecule has 1 rings (SSSR count). The Morgan fingerprint density at radius 1 is 1.42 bits per heavy atom. The van der Waals surface area contributed by atoms with Gasteiger partial charge >= 0.3 is 5.97 Å². The maximum atomic E-state index is 11.4. The van der Waals surface area contributed by atoms with E-state index in [0.29, 0.717) is 5.56 Å². The molecule has 0 saturated carbocycles. The van der Waals surface area contributed by atoms with Crippen LogP contribution in [-0.4, -0.2) is 32.3 Å². The third-order valence-corrected chi connectivity index (χ3v) is 3.96. The molecule has 0 amide bonds. The van der Waals surface area contributed by atoms with Gasteiger partial charge in [0.05, 0.1) is 11.4 Å². The van der Waals surface area contributed by atoms with Gasteiger partial charge in [-0.15, -0.1) is 6.42 Å². The molecule has 2 N–H and O–H groups in total. The molecule has 0 fully saturated rings. The summed E-state index contributed by atoms with van der Waals surface area (Å²) >= 11 is 0. The summed E-state index contributed by atoms with van der Waals surface area (Å²) in [4.78, 5) is 11.5. The van der Waals surface area contributed by atoms with Crippen molar-refractivity contribution < 1.29 is 18.3 Å². The average Bonchev–Trinajstić information content (AvgIpc) is 2.34. The lowest BCUT2D eigenvalue weighted by Crippen LogP contribution is -2.46. The van der Waals surface area contributed by atoms with Crippen LogP contribution in [0.15, 0.2) is 29.2 Å². The number of benzene rings is 1. The van der Waals surface area contributed by atoms with Crippen molar-refractivity contribution in [2.45, 2.75) is 17.4 Å². The number of rotatable bonds is 5. The SMILES string of the molecule is C#CCNC(C)(C(=O)O)c1ccc(S(C)(=O)=O)cc1. The molecule has 1 atom stereocenters. The smallest absolute Gasteiger partial charge is 0.328 e. The minimum absolute atomic E-state index is 0.0939. The summed E-state index contributed by atoms with van der Waals surface area (Å²) in [6.07, 6.45) is 6.20. The van der Waals surface area contributed by atoms with E-state index in [-0.39, 0.29) is 11.4 Å². The van der Waals surface area contributed by atoms with Gasteiger partial charge in [-0.25, -0.2) is 13.2 Å². The van der Waals surface area contributed by atoms with E-state index in [0.717, 1.165) is 6.26 Å². The topological polar surface area (TPSA) is 83.5 Å². The minimum Gasteiger partial charge on any atom is -0.480 e. The molecule has 0 aliphatic rings. The number of hydrogen-bond donors (Lipinski definition) is 2. The Hall–Kier alpha value is -1.84. The van der Waals surface area contributed by atoms with Crippen LogP contribution in [0.1, 0.15) is 12.5 Å². The summed E-state index contributed by atoms with van der Waals surface area (Å²) in [5, 5.41) is 12.0. The summed E-state index contributed by atoms with van der Waals surface area (Å²) < 4.78 is 22.7. The maximum Gasteiger partial charge on any atom is 0.328 e. The first-order valence-electron chi connectivity index (χ1n) is 5.44. The number of sulfone groups is 1. The molecular weight excluding hydrogens is 266 g/mol. The van der Waals surface area contributed by atoms with E-state index >= 15 is 0 Å². The number of terminal acetylenes is 1. The molecule has 0 aromatic heterocycles. The quantitative estimate of drug-likeness (QED) is 0.773. The molecule has 1 unspecified atom stereocenters. The van der Waals surface area contributed by atoms with Gasteiger partial charge in [-0.3, -0.25) is 5.32 Å². The van der Waals surface area contributed by atoms with Gasteiger partial charge in [0.1, 0.15) is 5.54 Å². The Morgan fingerprint density at radius 2 is 1.95 bits per heavy atom. The van der Waals surface area contributed by atoms with Crippen molar-refractivity contribution in [2.75, 3.05) is 12.8 Å². The van der Waals surface area contributed by atoms with Crippen LogP contribution in [0, 0.1) is 12.3 Å². The maximum absolute atomic E-state index is 11.4. The summed E-state index contributed by atoms with van der Waals surface area (Å²) in [5.74, 6) is 1.23. The van der Waals surface area contributed by atoms with Crippen molar-refractivity contribution in [3.63, 3.8) is 0 Å². The molecule has 0 bridgehead atoms. The predicted molar refractivity (Wildman–Crippen MR) is 71.4 cm³/mol. The van der Waals surface area contributed by atoms with Crippen LogP contribution in [0.3, 0.4) is 0 Å². The van der Waals surface area contributed by atoms with E-state index in [1.165, 1.54) is 31.2 Å². The van der Waals surface area contributed by atoms with E-state index in [4.69, 9.17) is 6.42 Å². The van der Waals surface area contributed by atoms with E-state index in [1.807, 2.05) is 0 Å². The first-order valence-corrected chi connectivity index (χ1v) is 7.33. The first-order chi connectivity index (χ1) is 8.71. The Kier molecular flexibility index (Phi) is 4.35. The van der Waals surface area contributed by atoms with Crippen LogP contribution in [-0.2, 0) is 20.2 Å². The van der Waals surface area contributed by atoms with E-state index in [1.54, 1.807) is 0 Å². The van der Waals surface area contributed by atoms with Crippen LogP contribution < -0.4 is 5.32 Å². The lowest BCUT2D eigenvalue weighted by atomic mass is 9.92. The van der Waals surface area contributed by atoms with Crippen LogP contribution in [0.2, 0.25) is 0 Å². The number of carboxylic acids is 1. The fourth-order valence-electron chi connectivity index (χ4n) is 1.56. The van der Waals surface area contributed by atoms with Gasteiger partial charge in [-0.1, -0.05) is 18.1 Å². The lowest BCUT2D eigenvalue weighted by Gasteiger charge is -2.26.